The first-order valence-corrected chi connectivity index (χ1v) is 22.9. The van der Waals surface area contributed by atoms with E-state index < -0.39 is 0 Å². The van der Waals surface area contributed by atoms with E-state index in [2.05, 4.69) is 261 Å². The third-order valence-electron chi connectivity index (χ3n) is 13.2. The summed E-state index contributed by atoms with van der Waals surface area (Å²) in [6.07, 6.45) is 1.05. The standard InChI is InChI=1S/C64H49N/c1-3-44(2)65-63-32-30-53(49-26-16-28-51(34-49)59-38-55(45-18-8-4-9-19-45)36-56(39-59)46-20-10-5-11-21-46)42-61(63)62-43-54(31-33-64(62)65)50-27-17-29-52(35-50)60-40-57(47-22-12-6-13-23-47)37-58(41-60)48-24-14-7-15-25-48/h4-44H,3H2,1-2H3. The maximum atomic E-state index is 2.55. The molecular formula is C64H49N. The van der Waals surface area contributed by atoms with Gasteiger partial charge < -0.3 is 4.57 Å². The Labute approximate surface area is 382 Å². The molecule has 1 heterocycles. The van der Waals surface area contributed by atoms with E-state index in [4.69, 9.17) is 0 Å². The smallest absolute Gasteiger partial charge is 0.0494 e. The Balaban J connectivity index is 1.01. The lowest BCUT2D eigenvalue weighted by molar-refractivity contribution is 0.563. The summed E-state index contributed by atoms with van der Waals surface area (Å²) in [6, 6.07) is 89.5. The molecule has 1 unspecified atom stereocenters. The van der Waals surface area contributed by atoms with Crippen LogP contribution in [0.4, 0.5) is 0 Å². The average molecular weight is 832 g/mol. The Morgan fingerprint density at radius 2 is 0.508 bits per heavy atom. The first kappa shape index (κ1) is 39.8. The third-order valence-corrected chi connectivity index (χ3v) is 13.2. The lowest BCUT2D eigenvalue weighted by Gasteiger charge is -2.15. The highest BCUT2D eigenvalue weighted by atomic mass is 15.0. The van der Waals surface area contributed by atoms with Gasteiger partial charge in [0.15, 0.2) is 0 Å². The normalized spacial score (nSPS) is 11.8. The summed E-state index contributed by atoms with van der Waals surface area (Å²) in [5, 5.41) is 2.56. The average Bonchev–Trinajstić information content (AvgIpc) is 3.72. The summed E-state index contributed by atoms with van der Waals surface area (Å²) in [4.78, 5) is 0. The molecule has 0 radical (unpaired) electrons. The molecule has 0 saturated carbocycles. The van der Waals surface area contributed by atoms with Gasteiger partial charge in [-0.2, -0.15) is 0 Å². The molecular weight excluding hydrogens is 783 g/mol. The number of aromatic nitrogens is 1. The SMILES string of the molecule is CCC(C)n1c2ccc(-c3cccc(-c4cc(-c5ccccc5)cc(-c5ccccc5)c4)c3)cc2c2cc(-c3cccc(-c4cc(-c5ccccc5)cc(-c5ccccc5)c4)c3)ccc21. The zero-order chi connectivity index (χ0) is 43.7. The minimum Gasteiger partial charge on any atom is -0.338 e. The van der Waals surface area contributed by atoms with Crippen LogP contribution in [0.1, 0.15) is 26.3 Å². The van der Waals surface area contributed by atoms with Gasteiger partial charge in [0.05, 0.1) is 0 Å². The van der Waals surface area contributed by atoms with Crippen LogP contribution in [-0.2, 0) is 0 Å². The quantitative estimate of drug-likeness (QED) is 0.129. The molecule has 10 aromatic carbocycles. The van der Waals surface area contributed by atoms with Crippen LogP contribution < -0.4 is 0 Å². The van der Waals surface area contributed by atoms with Crippen molar-refractivity contribution < 1.29 is 0 Å². The zero-order valence-electron chi connectivity index (χ0n) is 36.8. The molecule has 0 spiro atoms. The fourth-order valence-electron chi connectivity index (χ4n) is 9.60. The van der Waals surface area contributed by atoms with Gasteiger partial charge in [0.2, 0.25) is 0 Å². The highest BCUT2D eigenvalue weighted by Crippen LogP contribution is 2.41. The van der Waals surface area contributed by atoms with Crippen molar-refractivity contribution in [1.29, 1.82) is 0 Å². The van der Waals surface area contributed by atoms with Crippen LogP contribution in [0.25, 0.3) is 111 Å². The van der Waals surface area contributed by atoms with Crippen LogP contribution >= 0.6 is 0 Å². The maximum Gasteiger partial charge on any atom is 0.0494 e. The summed E-state index contributed by atoms with van der Waals surface area (Å²) >= 11 is 0. The van der Waals surface area contributed by atoms with Crippen molar-refractivity contribution in [3.8, 4) is 89.0 Å². The van der Waals surface area contributed by atoms with Crippen molar-refractivity contribution in [3.63, 3.8) is 0 Å². The second-order valence-electron chi connectivity index (χ2n) is 17.3. The second kappa shape index (κ2) is 17.3. The fraction of sp³-hybridized carbons (Fsp3) is 0.0625. The van der Waals surface area contributed by atoms with Crippen LogP contribution in [0.5, 0.6) is 0 Å². The monoisotopic (exact) mass is 831 g/mol. The van der Waals surface area contributed by atoms with Gasteiger partial charge in [-0.15, -0.1) is 0 Å². The molecule has 0 bridgehead atoms. The molecule has 0 aliphatic heterocycles. The molecule has 0 saturated heterocycles. The van der Waals surface area contributed by atoms with Gasteiger partial charge in [-0.25, -0.2) is 0 Å². The molecule has 1 nitrogen and oxygen atoms in total. The summed E-state index contributed by atoms with van der Waals surface area (Å²) in [5.74, 6) is 0. The zero-order valence-corrected chi connectivity index (χ0v) is 36.8. The van der Waals surface area contributed by atoms with E-state index in [9.17, 15) is 0 Å². The predicted molar refractivity (Wildman–Crippen MR) is 278 cm³/mol. The topological polar surface area (TPSA) is 4.93 Å². The van der Waals surface area contributed by atoms with Gasteiger partial charge in [-0.3, -0.25) is 0 Å². The van der Waals surface area contributed by atoms with Gasteiger partial charge in [-0.1, -0.05) is 177 Å². The largest absolute Gasteiger partial charge is 0.338 e. The highest BCUT2D eigenvalue weighted by Gasteiger charge is 2.18. The molecule has 0 aliphatic rings. The number of fused-ring (bicyclic) bond motifs is 3. The van der Waals surface area contributed by atoms with Gasteiger partial charge >= 0.3 is 0 Å². The number of hydrogen-bond acceptors (Lipinski definition) is 0. The van der Waals surface area contributed by atoms with Crippen molar-refractivity contribution in [2.75, 3.05) is 0 Å². The van der Waals surface area contributed by atoms with E-state index >= 15 is 0 Å². The Bertz CT molecular complexity index is 3110. The first-order valence-electron chi connectivity index (χ1n) is 22.9. The van der Waals surface area contributed by atoms with Crippen molar-refractivity contribution in [2.45, 2.75) is 26.3 Å². The molecule has 0 amide bonds. The summed E-state index contributed by atoms with van der Waals surface area (Å²) in [6.45, 7) is 4.63. The van der Waals surface area contributed by atoms with Crippen molar-refractivity contribution >= 4 is 21.8 Å². The maximum absolute atomic E-state index is 2.55. The Hall–Kier alpha value is -8.00. The molecule has 1 aromatic heterocycles. The number of nitrogens with zero attached hydrogens (tertiary/aromatic N) is 1. The van der Waals surface area contributed by atoms with E-state index in [1.54, 1.807) is 0 Å². The summed E-state index contributed by atoms with van der Waals surface area (Å²) < 4.78 is 2.55. The number of hydrogen-bond donors (Lipinski definition) is 0. The van der Waals surface area contributed by atoms with Crippen molar-refractivity contribution in [1.82, 2.24) is 4.57 Å². The van der Waals surface area contributed by atoms with Gasteiger partial charge in [-0.05, 0) is 175 Å². The molecule has 11 rings (SSSR count). The highest BCUT2D eigenvalue weighted by molar-refractivity contribution is 6.11. The van der Waals surface area contributed by atoms with E-state index in [1.807, 2.05) is 0 Å². The molecule has 0 aliphatic carbocycles. The summed E-state index contributed by atoms with van der Waals surface area (Å²) in [7, 11) is 0. The molecule has 0 N–H and O–H groups in total. The molecule has 11 aromatic rings. The minimum absolute atomic E-state index is 0.352. The molecule has 65 heavy (non-hydrogen) atoms. The van der Waals surface area contributed by atoms with Gasteiger partial charge in [0.1, 0.15) is 0 Å². The first-order chi connectivity index (χ1) is 32.1. The Morgan fingerprint density at radius 3 is 0.815 bits per heavy atom. The van der Waals surface area contributed by atoms with Crippen LogP contribution in [-0.4, -0.2) is 4.57 Å². The minimum atomic E-state index is 0.352. The molecule has 0 fully saturated rings. The van der Waals surface area contributed by atoms with Crippen LogP contribution in [0, 0.1) is 0 Å². The Morgan fingerprint density at radius 1 is 0.262 bits per heavy atom. The lowest BCUT2D eigenvalue weighted by atomic mass is 9.91. The molecule has 1 atom stereocenters. The lowest BCUT2D eigenvalue weighted by Crippen LogP contribution is -2.03. The van der Waals surface area contributed by atoms with Gasteiger partial charge in [0, 0.05) is 27.8 Å². The molecule has 310 valence electrons. The van der Waals surface area contributed by atoms with E-state index in [-0.39, 0.29) is 0 Å². The number of rotatable bonds is 10. The van der Waals surface area contributed by atoms with E-state index in [1.165, 1.54) is 111 Å². The second-order valence-corrected chi connectivity index (χ2v) is 17.3. The van der Waals surface area contributed by atoms with E-state index in [0.717, 1.165) is 6.42 Å². The predicted octanol–water partition coefficient (Wildman–Crippen LogP) is 18.1. The van der Waals surface area contributed by atoms with Crippen LogP contribution in [0.15, 0.2) is 243 Å². The van der Waals surface area contributed by atoms with Crippen LogP contribution in [0.3, 0.4) is 0 Å². The number of benzene rings is 10. The third kappa shape index (κ3) is 7.88. The summed E-state index contributed by atoms with van der Waals surface area (Å²) in [5.41, 5.74) is 21.9. The van der Waals surface area contributed by atoms with E-state index in [0.29, 0.717) is 6.04 Å². The Kier molecular flexibility index (Phi) is 10.6. The van der Waals surface area contributed by atoms with Crippen molar-refractivity contribution in [2.24, 2.45) is 0 Å². The fourth-order valence-corrected chi connectivity index (χ4v) is 9.60. The van der Waals surface area contributed by atoms with Crippen LogP contribution in [0.2, 0.25) is 0 Å². The van der Waals surface area contributed by atoms with Gasteiger partial charge in [0.25, 0.3) is 0 Å². The van der Waals surface area contributed by atoms with Crippen molar-refractivity contribution in [3.05, 3.63) is 243 Å². The molecule has 1 heteroatoms.